The molecule has 3 fully saturated rings. The number of rotatable bonds is 6. The average molecular weight is 515 g/mol. The zero-order chi connectivity index (χ0) is 26.4. The van der Waals surface area contributed by atoms with Crippen molar-refractivity contribution in [3.8, 4) is 6.07 Å². The number of nitriles is 1. The highest BCUT2D eigenvalue weighted by molar-refractivity contribution is 6.74. The first-order chi connectivity index (χ1) is 16.7. The molecular formula is C28H42N2O5Si. The van der Waals surface area contributed by atoms with Crippen LogP contribution in [0, 0.1) is 17.2 Å². The Labute approximate surface area is 217 Å². The highest BCUT2D eigenvalue weighted by Gasteiger charge is 2.63. The predicted octanol–water partition coefficient (Wildman–Crippen LogP) is 4.72. The Morgan fingerprint density at radius 3 is 2.47 bits per heavy atom. The summed E-state index contributed by atoms with van der Waals surface area (Å²) in [5.74, 6) is -1.16. The first-order valence-corrected chi connectivity index (χ1v) is 16.0. The van der Waals surface area contributed by atoms with Gasteiger partial charge in [0.05, 0.1) is 18.3 Å². The molecule has 1 spiro atoms. The van der Waals surface area contributed by atoms with Crippen molar-refractivity contribution in [1.29, 1.82) is 5.26 Å². The van der Waals surface area contributed by atoms with Crippen LogP contribution in [-0.2, 0) is 29.9 Å². The molecule has 3 aliphatic rings. The number of carbonyl (C=O) groups excluding carboxylic acids is 1. The molecule has 2 aliphatic heterocycles. The number of morpholine rings is 1. The largest absolute Gasteiger partial charge is 0.458 e. The minimum Gasteiger partial charge on any atom is -0.458 e. The molecule has 1 aromatic rings. The van der Waals surface area contributed by atoms with Gasteiger partial charge in [-0.2, -0.15) is 5.26 Å². The number of nitrogens with one attached hydrogen (secondary N) is 1. The Bertz CT molecular complexity index is 1000. The van der Waals surface area contributed by atoms with Crippen LogP contribution < -0.4 is 5.32 Å². The summed E-state index contributed by atoms with van der Waals surface area (Å²) in [6, 6.07) is 11.8. The number of fused-ring (bicyclic) bond motifs is 1. The van der Waals surface area contributed by atoms with E-state index in [2.05, 4.69) is 45.3 Å². The topological polar surface area (TPSA) is 89.8 Å². The molecule has 2 heterocycles. The van der Waals surface area contributed by atoms with Crippen LogP contribution >= 0.6 is 0 Å². The predicted molar refractivity (Wildman–Crippen MR) is 140 cm³/mol. The summed E-state index contributed by atoms with van der Waals surface area (Å²) in [6.07, 6.45) is 1.60. The quantitative estimate of drug-likeness (QED) is 0.434. The number of nitrogens with zero attached hydrogens (tertiary/aromatic N) is 1. The van der Waals surface area contributed by atoms with E-state index in [9.17, 15) is 10.1 Å². The molecule has 1 aromatic carbocycles. The summed E-state index contributed by atoms with van der Waals surface area (Å²) in [5, 5.41) is 14.2. The SMILES string of the molecule is CC1(C)OC[C@@]2(C[C@H](CCO[Si](C)(C)C(C)(C)C)[C@@]3(C#N)N[C@@H](Cc4ccccc4)C(=O)O[C@H]3C2)O1. The lowest BCUT2D eigenvalue weighted by Crippen LogP contribution is -2.73. The second-order valence-corrected chi connectivity index (χ2v) is 17.6. The van der Waals surface area contributed by atoms with Gasteiger partial charge in [0.25, 0.3) is 0 Å². The summed E-state index contributed by atoms with van der Waals surface area (Å²) in [7, 11) is -1.95. The second-order valence-electron chi connectivity index (χ2n) is 12.8. The molecular weight excluding hydrogens is 472 g/mol. The van der Waals surface area contributed by atoms with Gasteiger partial charge in [-0.1, -0.05) is 51.1 Å². The first kappa shape index (κ1) is 27.3. The standard InChI is InChI=1S/C28H42N2O5Si/c1-25(2,3)36(6,7)33-14-13-21-16-27(19-32-26(4,5)35-27)17-23-28(21,18-29)30-22(24(31)34-23)15-20-11-9-8-10-12-20/h8-12,21-23,30H,13-17,19H2,1-7H3/t21-,22-,23-,27-,28+/m0/s1. The normalized spacial score (nSPS) is 34.2. The van der Waals surface area contributed by atoms with Gasteiger partial charge >= 0.3 is 5.97 Å². The molecule has 36 heavy (non-hydrogen) atoms. The van der Waals surface area contributed by atoms with Crippen molar-refractivity contribution in [2.75, 3.05) is 13.2 Å². The first-order valence-electron chi connectivity index (χ1n) is 13.1. The van der Waals surface area contributed by atoms with Crippen LogP contribution in [0.2, 0.25) is 18.1 Å². The van der Waals surface area contributed by atoms with Crippen molar-refractivity contribution in [2.24, 2.45) is 5.92 Å². The van der Waals surface area contributed by atoms with E-state index in [1.165, 1.54) is 0 Å². The molecule has 0 radical (unpaired) electrons. The molecule has 0 unspecified atom stereocenters. The van der Waals surface area contributed by atoms with Gasteiger partial charge in [0.2, 0.25) is 0 Å². The smallest absolute Gasteiger partial charge is 0.323 e. The number of hydrogen-bond donors (Lipinski definition) is 1. The van der Waals surface area contributed by atoms with Crippen LogP contribution in [0.1, 0.15) is 59.4 Å². The number of esters is 1. The molecule has 2 saturated heterocycles. The summed E-state index contributed by atoms with van der Waals surface area (Å²) in [4.78, 5) is 13.1. The number of benzene rings is 1. The Balaban J connectivity index is 1.60. The van der Waals surface area contributed by atoms with Crippen molar-refractivity contribution in [3.05, 3.63) is 35.9 Å². The maximum Gasteiger partial charge on any atom is 0.323 e. The van der Waals surface area contributed by atoms with Gasteiger partial charge in [0.1, 0.15) is 17.7 Å². The fraction of sp³-hybridized carbons (Fsp3) is 0.714. The molecule has 198 valence electrons. The number of carbonyl (C=O) groups is 1. The monoisotopic (exact) mass is 514 g/mol. The lowest BCUT2D eigenvalue weighted by Gasteiger charge is -2.54. The molecule has 4 rings (SSSR count). The van der Waals surface area contributed by atoms with Gasteiger partial charge in [0.15, 0.2) is 14.1 Å². The van der Waals surface area contributed by atoms with Crippen molar-refractivity contribution < 1.29 is 23.4 Å². The third kappa shape index (κ3) is 5.27. The van der Waals surface area contributed by atoms with E-state index in [0.717, 1.165) is 5.56 Å². The van der Waals surface area contributed by atoms with E-state index in [-0.39, 0.29) is 16.9 Å². The van der Waals surface area contributed by atoms with Crippen molar-refractivity contribution >= 4 is 14.3 Å². The lowest BCUT2D eigenvalue weighted by molar-refractivity contribution is -0.204. The summed E-state index contributed by atoms with van der Waals surface area (Å²) < 4.78 is 25.0. The molecule has 5 atom stereocenters. The van der Waals surface area contributed by atoms with Gasteiger partial charge < -0.3 is 18.6 Å². The Morgan fingerprint density at radius 1 is 1.19 bits per heavy atom. The van der Waals surface area contributed by atoms with Gasteiger partial charge in [0, 0.05) is 13.0 Å². The molecule has 7 nitrogen and oxygen atoms in total. The summed E-state index contributed by atoms with van der Waals surface area (Å²) in [5.41, 5.74) is -0.576. The maximum atomic E-state index is 13.1. The lowest BCUT2D eigenvalue weighted by atomic mass is 9.63. The molecule has 8 heteroatoms. The van der Waals surface area contributed by atoms with Crippen LogP contribution in [0.3, 0.4) is 0 Å². The van der Waals surface area contributed by atoms with Crippen molar-refractivity contribution in [3.63, 3.8) is 0 Å². The molecule has 1 saturated carbocycles. The van der Waals surface area contributed by atoms with Crippen molar-refractivity contribution in [2.45, 2.75) is 108 Å². The molecule has 1 N–H and O–H groups in total. The molecule has 0 amide bonds. The van der Waals surface area contributed by atoms with Gasteiger partial charge in [-0.05, 0) is 62.7 Å². The minimum atomic E-state index is -1.95. The van der Waals surface area contributed by atoms with E-state index in [1.54, 1.807) is 0 Å². The van der Waals surface area contributed by atoms with E-state index >= 15 is 0 Å². The highest BCUT2D eigenvalue weighted by atomic mass is 28.4. The average Bonchev–Trinajstić information content (AvgIpc) is 3.08. The zero-order valence-electron chi connectivity index (χ0n) is 22.8. The molecule has 0 bridgehead atoms. The fourth-order valence-corrected chi connectivity index (χ4v) is 6.70. The van der Waals surface area contributed by atoms with Crippen LogP contribution in [0.25, 0.3) is 0 Å². The van der Waals surface area contributed by atoms with Crippen molar-refractivity contribution in [1.82, 2.24) is 5.32 Å². The molecule has 1 aliphatic carbocycles. The van der Waals surface area contributed by atoms with Gasteiger partial charge in [-0.25, -0.2) is 0 Å². The maximum absolute atomic E-state index is 13.1. The third-order valence-corrected chi connectivity index (χ3v) is 13.2. The number of ether oxygens (including phenoxy) is 3. The van der Waals surface area contributed by atoms with E-state index in [0.29, 0.717) is 38.9 Å². The van der Waals surface area contributed by atoms with Gasteiger partial charge in [-0.3, -0.25) is 10.1 Å². The van der Waals surface area contributed by atoms with Crippen LogP contribution in [0.15, 0.2) is 30.3 Å². The zero-order valence-corrected chi connectivity index (χ0v) is 23.8. The minimum absolute atomic E-state index is 0.0993. The van der Waals surface area contributed by atoms with E-state index < -0.39 is 37.4 Å². The molecule has 0 aromatic heterocycles. The van der Waals surface area contributed by atoms with Gasteiger partial charge in [-0.15, -0.1) is 0 Å². The van der Waals surface area contributed by atoms with E-state index in [1.807, 2.05) is 44.2 Å². The second kappa shape index (κ2) is 9.52. The van der Waals surface area contributed by atoms with Crippen LogP contribution in [-0.4, -0.2) is 56.6 Å². The summed E-state index contributed by atoms with van der Waals surface area (Å²) in [6.45, 7) is 15.9. The summed E-state index contributed by atoms with van der Waals surface area (Å²) >= 11 is 0. The van der Waals surface area contributed by atoms with E-state index in [4.69, 9.17) is 18.6 Å². The Kier molecular flexibility index (Phi) is 7.21. The Morgan fingerprint density at radius 2 is 1.89 bits per heavy atom. The van der Waals surface area contributed by atoms with Crippen LogP contribution in [0.5, 0.6) is 0 Å². The third-order valence-electron chi connectivity index (χ3n) is 8.63. The fourth-order valence-electron chi connectivity index (χ4n) is 5.64. The highest BCUT2D eigenvalue weighted by Crippen LogP contribution is 2.50. The number of hydrogen-bond acceptors (Lipinski definition) is 7. The van der Waals surface area contributed by atoms with Crippen LogP contribution in [0.4, 0.5) is 0 Å². The Hall–Kier alpha value is -1.76.